The third-order valence-corrected chi connectivity index (χ3v) is 22.2. The molecular formula is C99H84FN17O5S. The molecule has 24 heteroatoms. The smallest absolute Gasteiger partial charge is 0.273 e. The number of hydrogen-bond donors (Lipinski definition) is 4. The number of fused-ring (bicyclic) bond motifs is 3. The van der Waals surface area contributed by atoms with Crippen molar-refractivity contribution in [3.63, 3.8) is 0 Å². The Kier molecular flexibility index (Phi) is 23.6. The summed E-state index contributed by atoms with van der Waals surface area (Å²) in [6, 6.07) is 71.9. The molecule has 0 fully saturated rings. The number of nitrogens with one attached hydrogen (secondary N) is 3. The molecule has 0 bridgehead atoms. The number of thiazole rings is 1. The molecule has 123 heavy (non-hydrogen) atoms. The van der Waals surface area contributed by atoms with Crippen molar-refractivity contribution in [1.82, 2.24) is 68.5 Å². The van der Waals surface area contributed by atoms with Crippen LogP contribution in [0.3, 0.4) is 0 Å². The van der Waals surface area contributed by atoms with E-state index in [9.17, 15) is 23.9 Å². The second-order valence-electron chi connectivity index (χ2n) is 29.7. The highest BCUT2D eigenvalue weighted by molar-refractivity contribution is 7.16. The topological polar surface area (TPSA) is 273 Å². The van der Waals surface area contributed by atoms with Crippen LogP contribution in [-0.2, 0) is 0 Å². The van der Waals surface area contributed by atoms with Gasteiger partial charge in [0.05, 0.1) is 51.8 Å². The molecule has 4 N–H and O–H groups in total. The molecule has 0 saturated carbocycles. The number of anilines is 3. The zero-order valence-electron chi connectivity index (χ0n) is 69.0. The molecule has 0 radical (unpaired) electrons. The Morgan fingerprint density at radius 3 is 1.10 bits per heavy atom. The van der Waals surface area contributed by atoms with E-state index in [0.717, 1.165) is 122 Å². The van der Waals surface area contributed by atoms with Gasteiger partial charge in [0, 0.05) is 124 Å². The minimum Gasteiger partial charge on any atom is -0.505 e. The van der Waals surface area contributed by atoms with Crippen LogP contribution < -0.4 is 37.4 Å². The van der Waals surface area contributed by atoms with Crippen LogP contribution in [0.5, 0.6) is 10.9 Å². The lowest BCUT2D eigenvalue weighted by molar-refractivity contribution is 0.412. The second kappa shape index (κ2) is 35.6. The van der Waals surface area contributed by atoms with E-state index in [4.69, 9.17) is 14.7 Å². The van der Waals surface area contributed by atoms with Crippen molar-refractivity contribution in [2.24, 2.45) is 0 Å². The van der Waals surface area contributed by atoms with Crippen LogP contribution in [0.2, 0.25) is 0 Å². The Hall–Kier alpha value is -15.4. The monoisotopic (exact) mass is 1640 g/mol. The average molecular weight is 1640 g/mol. The van der Waals surface area contributed by atoms with Gasteiger partial charge in [-0.3, -0.25) is 48.0 Å². The van der Waals surface area contributed by atoms with Gasteiger partial charge in [0.2, 0.25) is 0 Å². The van der Waals surface area contributed by atoms with E-state index >= 15 is 0 Å². The van der Waals surface area contributed by atoms with E-state index in [-0.39, 0.29) is 28.8 Å². The van der Waals surface area contributed by atoms with Crippen LogP contribution in [0.25, 0.3) is 115 Å². The Balaban J connectivity index is 0.000000137. The first-order valence-corrected chi connectivity index (χ1v) is 40.8. The highest BCUT2D eigenvalue weighted by Gasteiger charge is 2.26. The molecule has 0 amide bonds. The lowest BCUT2D eigenvalue weighted by Crippen LogP contribution is -2.26. The van der Waals surface area contributed by atoms with Gasteiger partial charge in [-0.15, -0.1) is 0 Å². The molecular weight excluding hydrogens is 1560 g/mol. The molecule has 18 rings (SSSR count). The molecule has 18 aromatic rings. The summed E-state index contributed by atoms with van der Waals surface area (Å²) in [4.78, 5) is 93.0. The number of benzene rings is 7. The maximum atomic E-state index is 14.4. The van der Waals surface area contributed by atoms with Gasteiger partial charge in [-0.25, -0.2) is 39.3 Å². The standard InChI is InChI=1S/C34H28FN5O2.C33H28N6O.C32H28N6O2S/c1-20-16-24(14-15-36-20)27-11-7-8-25-18-30(40(34(42)32(25)27)26-9-5-4-6-10-26)21(2)38-33-28(19-37-22(3)39-33)23-12-13-31(41)29(35)17-23;1-21-17-24(14-16-35-21)28-13-7-9-25-18-30(39(33(40)31(25)28)27-11-5-4-6-12-27)22(2)37-32-29(20-36-23(3)38-32)26-10-8-15-34-19-26;1-19-15-22(13-14-33-19)25-12-8-9-23-16-27(38(31(39)29(23)25)24-10-6-5-7-11-24)20(2)36-30-26(17-34-21(3)37-30)28-18-35-32(40-4)41-28/h4-19,21,41H,1-3H3,(H,37,38,39);4-20,22H,1-3H3,(H,36,37,38);5-18,20H,1-4H3,(H,34,36,37)/t21-;22-;20-/m000/s1. The highest BCUT2D eigenvalue weighted by Crippen LogP contribution is 2.40. The number of phenolic OH excluding ortho intramolecular Hbond substituents is 1. The zero-order valence-corrected chi connectivity index (χ0v) is 69.8. The molecule has 7 aromatic carbocycles. The average Bonchev–Trinajstić information content (AvgIpc) is 1.07. The normalized spacial score (nSPS) is 11.9. The van der Waals surface area contributed by atoms with Crippen molar-refractivity contribution in [3.8, 4) is 94.1 Å². The summed E-state index contributed by atoms with van der Waals surface area (Å²) in [5.41, 5.74) is 16.1. The lowest BCUT2D eigenvalue weighted by Gasteiger charge is -2.23. The summed E-state index contributed by atoms with van der Waals surface area (Å²) in [5.74, 6) is 2.47. The number of methoxy groups -OCH3 is 1. The quantitative estimate of drug-likeness (QED) is 0.0585. The summed E-state index contributed by atoms with van der Waals surface area (Å²) >= 11 is 1.42. The number of hydrogen-bond acceptors (Lipinski definition) is 20. The minimum absolute atomic E-state index is 0.0798. The molecule has 0 aliphatic rings. The predicted molar refractivity (Wildman–Crippen MR) is 487 cm³/mol. The molecule has 0 aliphatic carbocycles. The van der Waals surface area contributed by atoms with Crippen molar-refractivity contribution in [2.75, 3.05) is 23.1 Å². The lowest BCUT2D eigenvalue weighted by atomic mass is 9.98. The number of nitrogens with zero attached hydrogens (tertiary/aromatic N) is 14. The van der Waals surface area contributed by atoms with Crippen LogP contribution >= 0.6 is 11.3 Å². The Morgan fingerprint density at radius 2 is 0.740 bits per heavy atom. The van der Waals surface area contributed by atoms with Crippen molar-refractivity contribution < 1.29 is 14.2 Å². The first-order chi connectivity index (χ1) is 59.7. The summed E-state index contributed by atoms with van der Waals surface area (Å²) < 4.78 is 24.9. The first-order valence-electron chi connectivity index (χ1n) is 39.9. The Morgan fingerprint density at radius 1 is 0.366 bits per heavy atom. The largest absolute Gasteiger partial charge is 0.505 e. The molecule has 0 spiro atoms. The third kappa shape index (κ3) is 17.3. The molecule has 0 unspecified atom stereocenters. The molecule has 11 aromatic heterocycles. The number of halogens is 1. The Labute approximate surface area is 712 Å². The number of aryl methyl sites for hydroxylation is 6. The van der Waals surface area contributed by atoms with E-state index in [1.54, 1.807) is 83.4 Å². The molecule has 0 saturated heterocycles. The molecule has 0 aliphatic heterocycles. The van der Waals surface area contributed by atoms with Gasteiger partial charge in [0.1, 0.15) is 34.9 Å². The molecule has 3 atom stereocenters. The van der Waals surface area contributed by atoms with Gasteiger partial charge in [0.25, 0.3) is 21.9 Å². The first kappa shape index (κ1) is 81.3. The van der Waals surface area contributed by atoms with E-state index in [0.29, 0.717) is 67.4 Å². The number of aromatic hydroxyl groups is 1. The number of aromatic nitrogens is 14. The van der Waals surface area contributed by atoms with Crippen molar-refractivity contribution >= 4 is 61.1 Å². The zero-order chi connectivity index (χ0) is 85.5. The molecule has 608 valence electrons. The Bertz CT molecular complexity index is 7180. The van der Waals surface area contributed by atoms with Crippen molar-refractivity contribution in [3.05, 3.63) is 375 Å². The van der Waals surface area contributed by atoms with E-state index in [2.05, 4.69) is 72.9 Å². The number of rotatable bonds is 19. The maximum absolute atomic E-state index is 14.4. The number of phenols is 1. The number of pyridine rings is 7. The molecule has 22 nitrogen and oxygen atoms in total. The predicted octanol–water partition coefficient (Wildman–Crippen LogP) is 20.6. The second-order valence-corrected chi connectivity index (χ2v) is 30.7. The minimum atomic E-state index is -0.736. The fourth-order valence-electron chi connectivity index (χ4n) is 15.3. The summed E-state index contributed by atoms with van der Waals surface area (Å²) in [6.07, 6.45) is 15.8. The van der Waals surface area contributed by atoms with Gasteiger partial charge >= 0.3 is 0 Å². The molecule has 11 heterocycles. The summed E-state index contributed by atoms with van der Waals surface area (Å²) in [5, 5.41) is 25.3. The van der Waals surface area contributed by atoms with Gasteiger partial charge in [0.15, 0.2) is 11.6 Å². The van der Waals surface area contributed by atoms with E-state index in [1.807, 2.05) is 262 Å². The third-order valence-electron chi connectivity index (χ3n) is 21.2. The highest BCUT2D eigenvalue weighted by atomic mass is 32.1. The van der Waals surface area contributed by atoms with Crippen LogP contribution in [0.4, 0.5) is 21.8 Å². The SMILES string of the molecule is COc1ncc(-c2cnc(C)nc2N[C@@H](C)c2cc3cccc(-c4ccnc(C)c4)c3c(=O)n2-c2ccccc2)s1.Cc1cc(-c2cccc3cc([C@H](C)Nc4nc(C)ncc4-c4ccc(O)c(F)c4)n(-c4ccccc4)c(=O)c23)ccn1.Cc1cc(-c2cccc3cc([C@H](C)Nc4nc(C)ncc4-c4cccnc4)n(-c4ccccc4)c(=O)c23)ccn1. The fraction of sp³-hybridized carbons (Fsp3) is 0.131. The van der Waals surface area contributed by atoms with Crippen LogP contribution in [0, 0.1) is 47.4 Å². The van der Waals surface area contributed by atoms with Crippen molar-refractivity contribution in [2.45, 2.75) is 80.4 Å². The van der Waals surface area contributed by atoms with Gasteiger partial charge in [-0.05, 0) is 227 Å². The maximum Gasteiger partial charge on any atom is 0.273 e. The number of ether oxygens (including phenoxy) is 1. The van der Waals surface area contributed by atoms with E-state index in [1.165, 1.54) is 23.5 Å². The van der Waals surface area contributed by atoms with Gasteiger partial charge in [-0.1, -0.05) is 133 Å². The van der Waals surface area contributed by atoms with Crippen LogP contribution in [0.15, 0.2) is 301 Å². The van der Waals surface area contributed by atoms with Gasteiger partial charge < -0.3 is 25.8 Å². The van der Waals surface area contributed by atoms with Crippen LogP contribution in [0.1, 0.15) is 90.5 Å². The van der Waals surface area contributed by atoms with E-state index < -0.39 is 17.6 Å². The van der Waals surface area contributed by atoms with Crippen molar-refractivity contribution in [1.29, 1.82) is 0 Å². The van der Waals surface area contributed by atoms with Gasteiger partial charge in [-0.2, -0.15) is 0 Å². The fourth-order valence-corrected chi connectivity index (χ4v) is 16.1. The van der Waals surface area contributed by atoms with Crippen LogP contribution in [-0.4, -0.2) is 80.7 Å². The summed E-state index contributed by atoms with van der Waals surface area (Å²) in [7, 11) is 1.60. The summed E-state index contributed by atoms with van der Waals surface area (Å²) in [6.45, 7) is 17.4. The number of para-hydroxylation sites is 3.